The van der Waals surface area contributed by atoms with Crippen LogP contribution < -0.4 is 10.6 Å². The monoisotopic (exact) mass is 257 g/mol. The predicted molar refractivity (Wildman–Crippen MR) is 77.7 cm³/mol. The smallest absolute Gasteiger partial charge is 0.234 e. The van der Waals surface area contributed by atoms with E-state index in [1.54, 1.807) is 0 Å². The van der Waals surface area contributed by atoms with Gasteiger partial charge in [-0.3, -0.25) is 9.69 Å². The molecule has 0 saturated heterocycles. The second-order valence-corrected chi connectivity index (χ2v) is 5.63. The molecule has 0 saturated carbocycles. The molecule has 0 aliphatic carbocycles. The van der Waals surface area contributed by atoms with Crippen LogP contribution in [0.4, 0.5) is 0 Å². The zero-order valence-corrected chi connectivity index (χ0v) is 12.8. The van der Waals surface area contributed by atoms with Crippen LogP contribution in [-0.2, 0) is 4.79 Å². The molecule has 1 atom stereocenters. The quantitative estimate of drug-likeness (QED) is 0.623. The van der Waals surface area contributed by atoms with Crippen LogP contribution in [0.25, 0.3) is 0 Å². The summed E-state index contributed by atoms with van der Waals surface area (Å²) in [6.45, 7) is 8.85. The van der Waals surface area contributed by atoms with Gasteiger partial charge in [0, 0.05) is 19.1 Å². The fraction of sp³-hybridized carbons (Fsp3) is 0.929. The molecule has 0 aromatic rings. The van der Waals surface area contributed by atoms with Crippen molar-refractivity contribution in [2.45, 2.75) is 46.1 Å². The second-order valence-electron chi connectivity index (χ2n) is 5.63. The first-order valence-corrected chi connectivity index (χ1v) is 7.08. The van der Waals surface area contributed by atoms with E-state index >= 15 is 0 Å². The molecule has 0 aromatic carbocycles. The van der Waals surface area contributed by atoms with Gasteiger partial charge >= 0.3 is 0 Å². The topological polar surface area (TPSA) is 44.4 Å². The molecule has 0 aliphatic rings. The number of carbonyl (C=O) groups is 1. The molecule has 108 valence electrons. The van der Waals surface area contributed by atoms with E-state index < -0.39 is 0 Å². The summed E-state index contributed by atoms with van der Waals surface area (Å²) >= 11 is 0. The fourth-order valence-corrected chi connectivity index (χ4v) is 1.85. The molecular formula is C14H31N3O. The maximum absolute atomic E-state index is 11.8. The minimum absolute atomic E-state index is 0.130. The van der Waals surface area contributed by atoms with Gasteiger partial charge in [-0.1, -0.05) is 26.7 Å². The summed E-state index contributed by atoms with van der Waals surface area (Å²) in [6.07, 6.45) is 3.50. The lowest BCUT2D eigenvalue weighted by atomic mass is 10.0. The van der Waals surface area contributed by atoms with Crippen molar-refractivity contribution in [2.24, 2.45) is 5.92 Å². The third-order valence-corrected chi connectivity index (χ3v) is 2.98. The average Bonchev–Trinajstić information content (AvgIpc) is 2.25. The van der Waals surface area contributed by atoms with Gasteiger partial charge in [-0.05, 0) is 33.4 Å². The molecule has 18 heavy (non-hydrogen) atoms. The number of carbonyl (C=O) groups excluding carboxylic acids is 1. The highest BCUT2D eigenvalue weighted by Crippen LogP contribution is 2.08. The highest BCUT2D eigenvalue weighted by molar-refractivity contribution is 5.78. The van der Waals surface area contributed by atoms with E-state index in [1.165, 1.54) is 12.8 Å². The largest absolute Gasteiger partial charge is 0.353 e. The van der Waals surface area contributed by atoms with Gasteiger partial charge in [-0.25, -0.2) is 0 Å². The summed E-state index contributed by atoms with van der Waals surface area (Å²) in [5, 5.41) is 6.14. The van der Waals surface area contributed by atoms with E-state index in [1.807, 2.05) is 19.0 Å². The van der Waals surface area contributed by atoms with Crippen molar-refractivity contribution in [3.05, 3.63) is 0 Å². The molecule has 4 heteroatoms. The van der Waals surface area contributed by atoms with Gasteiger partial charge in [0.2, 0.25) is 5.91 Å². The van der Waals surface area contributed by atoms with Gasteiger partial charge in [0.15, 0.2) is 0 Å². The minimum atomic E-state index is 0.130. The Kier molecular flexibility index (Phi) is 9.98. The highest BCUT2D eigenvalue weighted by atomic mass is 16.2. The number of likely N-dealkylation sites (N-methyl/N-ethyl adjacent to an activating group) is 2. The number of nitrogens with zero attached hydrogens (tertiary/aromatic N) is 1. The van der Waals surface area contributed by atoms with Crippen molar-refractivity contribution in [3.63, 3.8) is 0 Å². The van der Waals surface area contributed by atoms with Crippen molar-refractivity contribution >= 4 is 5.91 Å². The summed E-state index contributed by atoms with van der Waals surface area (Å²) in [4.78, 5) is 13.8. The van der Waals surface area contributed by atoms with Crippen LogP contribution in [0.1, 0.15) is 40.0 Å². The Morgan fingerprint density at radius 3 is 2.44 bits per heavy atom. The van der Waals surface area contributed by atoms with Gasteiger partial charge in [-0.15, -0.1) is 0 Å². The Morgan fingerprint density at radius 2 is 1.89 bits per heavy atom. The maximum atomic E-state index is 11.8. The zero-order valence-electron chi connectivity index (χ0n) is 12.8. The van der Waals surface area contributed by atoms with Gasteiger partial charge in [0.05, 0.1) is 6.54 Å². The number of hydrogen-bond acceptors (Lipinski definition) is 3. The van der Waals surface area contributed by atoms with Crippen LogP contribution in [0.15, 0.2) is 0 Å². The zero-order chi connectivity index (χ0) is 14.0. The average molecular weight is 257 g/mol. The number of nitrogens with one attached hydrogen (secondary N) is 2. The summed E-state index contributed by atoms with van der Waals surface area (Å²) in [5.74, 6) is 0.881. The molecule has 2 N–H and O–H groups in total. The first-order chi connectivity index (χ1) is 8.45. The van der Waals surface area contributed by atoms with Crippen LogP contribution in [0.3, 0.4) is 0 Å². The highest BCUT2D eigenvalue weighted by Gasteiger charge is 2.09. The summed E-state index contributed by atoms with van der Waals surface area (Å²) in [7, 11) is 3.89. The van der Waals surface area contributed by atoms with Gasteiger partial charge in [-0.2, -0.15) is 0 Å². The van der Waals surface area contributed by atoms with Crippen molar-refractivity contribution in [1.82, 2.24) is 15.5 Å². The lowest BCUT2D eigenvalue weighted by molar-refractivity contribution is -0.122. The predicted octanol–water partition coefficient (Wildman–Crippen LogP) is 1.47. The van der Waals surface area contributed by atoms with Crippen LogP contribution in [0.5, 0.6) is 0 Å². The minimum Gasteiger partial charge on any atom is -0.353 e. The van der Waals surface area contributed by atoms with Crippen LogP contribution in [0.2, 0.25) is 0 Å². The first kappa shape index (κ1) is 17.4. The molecular weight excluding hydrogens is 226 g/mol. The molecule has 0 spiro atoms. The van der Waals surface area contributed by atoms with E-state index in [2.05, 4.69) is 31.4 Å². The van der Waals surface area contributed by atoms with Crippen molar-refractivity contribution < 1.29 is 4.79 Å². The normalized spacial score (nSPS) is 13.1. The van der Waals surface area contributed by atoms with Gasteiger partial charge < -0.3 is 10.6 Å². The van der Waals surface area contributed by atoms with E-state index in [-0.39, 0.29) is 11.9 Å². The van der Waals surface area contributed by atoms with Crippen LogP contribution in [-0.4, -0.2) is 50.6 Å². The number of amides is 1. The standard InChI is InChI=1S/C14H31N3O/c1-12(2)7-6-8-13(3)16-14(18)11-17(5)10-9-15-4/h12-13,15H,6-11H2,1-5H3,(H,16,18). The lowest BCUT2D eigenvalue weighted by Crippen LogP contribution is -2.41. The Labute approximate surface area is 113 Å². The molecule has 1 unspecified atom stereocenters. The Hall–Kier alpha value is -0.610. The molecule has 0 aliphatic heterocycles. The molecule has 0 bridgehead atoms. The van der Waals surface area contributed by atoms with Crippen molar-refractivity contribution in [3.8, 4) is 0 Å². The SMILES string of the molecule is CNCCN(C)CC(=O)NC(C)CCCC(C)C. The molecule has 0 heterocycles. The molecule has 0 aromatic heterocycles. The molecule has 1 amide bonds. The summed E-state index contributed by atoms with van der Waals surface area (Å²) in [6, 6.07) is 0.286. The maximum Gasteiger partial charge on any atom is 0.234 e. The van der Waals surface area contributed by atoms with Crippen LogP contribution >= 0.6 is 0 Å². The van der Waals surface area contributed by atoms with E-state index in [0.29, 0.717) is 6.54 Å². The Balaban J connectivity index is 3.66. The van der Waals surface area contributed by atoms with Gasteiger partial charge in [0.1, 0.15) is 0 Å². The Morgan fingerprint density at radius 1 is 1.22 bits per heavy atom. The molecule has 0 fully saturated rings. The van der Waals surface area contributed by atoms with E-state index in [4.69, 9.17) is 0 Å². The summed E-state index contributed by atoms with van der Waals surface area (Å²) in [5.41, 5.74) is 0. The number of rotatable bonds is 10. The van der Waals surface area contributed by atoms with Crippen molar-refractivity contribution in [1.29, 1.82) is 0 Å². The fourth-order valence-electron chi connectivity index (χ4n) is 1.85. The molecule has 0 rings (SSSR count). The van der Waals surface area contributed by atoms with E-state index in [9.17, 15) is 4.79 Å². The molecule has 4 nitrogen and oxygen atoms in total. The van der Waals surface area contributed by atoms with Gasteiger partial charge in [0.25, 0.3) is 0 Å². The Bertz CT molecular complexity index is 219. The second kappa shape index (κ2) is 10.3. The number of hydrogen-bond donors (Lipinski definition) is 2. The molecule has 0 radical (unpaired) electrons. The lowest BCUT2D eigenvalue weighted by Gasteiger charge is -2.19. The van der Waals surface area contributed by atoms with Crippen molar-refractivity contribution in [2.75, 3.05) is 33.7 Å². The third-order valence-electron chi connectivity index (χ3n) is 2.98. The third kappa shape index (κ3) is 10.5. The van der Waals surface area contributed by atoms with Crippen LogP contribution in [0, 0.1) is 5.92 Å². The first-order valence-electron chi connectivity index (χ1n) is 7.08. The summed E-state index contributed by atoms with van der Waals surface area (Å²) < 4.78 is 0. The van der Waals surface area contributed by atoms with E-state index in [0.717, 1.165) is 25.4 Å².